The second kappa shape index (κ2) is 5.75. The largest absolute Gasteiger partial charge is 0.387 e. The molecule has 0 aliphatic heterocycles. The van der Waals surface area contributed by atoms with E-state index in [4.69, 9.17) is 11.6 Å². The molecule has 5 nitrogen and oxygen atoms in total. The molecule has 1 aromatic carbocycles. The van der Waals surface area contributed by atoms with E-state index in [1.165, 1.54) is 0 Å². The van der Waals surface area contributed by atoms with Crippen LogP contribution in [0.1, 0.15) is 17.3 Å². The fourth-order valence-corrected chi connectivity index (χ4v) is 1.89. The summed E-state index contributed by atoms with van der Waals surface area (Å²) >= 11 is 5.92. The first-order valence-electron chi connectivity index (χ1n) is 5.95. The number of benzene rings is 1. The minimum absolute atomic E-state index is 0.220. The van der Waals surface area contributed by atoms with Crippen molar-refractivity contribution >= 4 is 28.9 Å². The first-order chi connectivity index (χ1) is 9.13. The second-order valence-electron chi connectivity index (χ2n) is 3.98. The summed E-state index contributed by atoms with van der Waals surface area (Å²) in [5.74, 6) is -0.220. The normalized spacial score (nSPS) is 10.3. The number of carbonyl (C=O) groups excluding carboxylic acids is 1. The predicted octanol–water partition coefficient (Wildman–Crippen LogP) is 2.85. The summed E-state index contributed by atoms with van der Waals surface area (Å²) < 4.78 is 1.74. The number of nitrogens with one attached hydrogen (secondary N) is 2. The van der Waals surface area contributed by atoms with Crippen LogP contribution >= 0.6 is 11.6 Å². The number of hydrogen-bond donors (Lipinski definition) is 2. The van der Waals surface area contributed by atoms with E-state index in [-0.39, 0.29) is 5.91 Å². The molecule has 0 saturated heterocycles. The van der Waals surface area contributed by atoms with Gasteiger partial charge < -0.3 is 10.6 Å². The predicted molar refractivity (Wildman–Crippen MR) is 76.9 cm³/mol. The molecule has 1 heterocycles. The van der Waals surface area contributed by atoms with Crippen LogP contribution in [0.25, 0.3) is 0 Å². The summed E-state index contributed by atoms with van der Waals surface area (Å²) in [5.41, 5.74) is 1.89. The molecule has 2 aromatic rings. The molecule has 0 saturated carbocycles. The first-order valence-corrected chi connectivity index (χ1v) is 6.33. The topological polar surface area (TPSA) is 59.0 Å². The Labute approximate surface area is 116 Å². The number of rotatable bonds is 4. The number of hydrogen-bond acceptors (Lipinski definition) is 3. The molecule has 0 spiro atoms. The molecule has 19 heavy (non-hydrogen) atoms. The smallest absolute Gasteiger partial charge is 0.257 e. The van der Waals surface area contributed by atoms with Crippen molar-refractivity contribution in [2.24, 2.45) is 0 Å². The summed E-state index contributed by atoms with van der Waals surface area (Å²) in [4.78, 5) is 12.2. The molecular weight excluding hydrogens is 264 g/mol. The van der Waals surface area contributed by atoms with Gasteiger partial charge in [0.05, 0.1) is 17.4 Å². The molecule has 0 atom stereocenters. The summed E-state index contributed by atoms with van der Waals surface area (Å²) in [6.45, 7) is 2.74. The van der Waals surface area contributed by atoms with E-state index >= 15 is 0 Å². The van der Waals surface area contributed by atoms with Gasteiger partial charge in [-0.3, -0.25) is 9.48 Å². The Bertz CT molecular complexity index is 594. The Kier molecular flexibility index (Phi) is 4.06. The third-order valence-electron chi connectivity index (χ3n) is 2.71. The molecule has 6 heteroatoms. The molecular formula is C13H15ClN4O. The Hall–Kier alpha value is -2.01. The van der Waals surface area contributed by atoms with E-state index in [2.05, 4.69) is 15.7 Å². The lowest BCUT2D eigenvalue weighted by molar-refractivity contribution is 0.102. The van der Waals surface area contributed by atoms with Crippen molar-refractivity contribution in [2.75, 3.05) is 17.7 Å². The number of aryl methyl sites for hydroxylation is 1. The van der Waals surface area contributed by atoms with Crippen LogP contribution in [0, 0.1) is 0 Å². The van der Waals surface area contributed by atoms with E-state index < -0.39 is 0 Å². The number of halogens is 1. The Morgan fingerprint density at radius 2 is 2.26 bits per heavy atom. The number of amides is 1. The van der Waals surface area contributed by atoms with Crippen LogP contribution in [0.2, 0.25) is 5.02 Å². The average molecular weight is 279 g/mol. The van der Waals surface area contributed by atoms with Gasteiger partial charge in [0.1, 0.15) is 0 Å². The third kappa shape index (κ3) is 3.06. The zero-order valence-corrected chi connectivity index (χ0v) is 11.5. The highest BCUT2D eigenvalue weighted by molar-refractivity contribution is 6.31. The zero-order chi connectivity index (χ0) is 13.8. The lowest BCUT2D eigenvalue weighted by Gasteiger charge is -2.09. The molecule has 0 aliphatic carbocycles. The summed E-state index contributed by atoms with van der Waals surface area (Å²) in [7, 11) is 1.76. The SMILES string of the molecule is CCn1cc(NC(=O)c2cc(Cl)ccc2NC)cn1. The van der Waals surface area contributed by atoms with Crippen molar-refractivity contribution in [1.82, 2.24) is 9.78 Å². The molecule has 100 valence electrons. The van der Waals surface area contributed by atoms with Crippen LogP contribution in [0.5, 0.6) is 0 Å². The van der Waals surface area contributed by atoms with Gasteiger partial charge in [-0.25, -0.2) is 0 Å². The molecule has 2 N–H and O–H groups in total. The number of aromatic nitrogens is 2. The maximum Gasteiger partial charge on any atom is 0.257 e. The number of nitrogens with zero attached hydrogens (tertiary/aromatic N) is 2. The van der Waals surface area contributed by atoms with Gasteiger partial charge in [-0.1, -0.05) is 11.6 Å². The molecule has 0 radical (unpaired) electrons. The Morgan fingerprint density at radius 3 is 2.89 bits per heavy atom. The minimum Gasteiger partial charge on any atom is -0.387 e. The van der Waals surface area contributed by atoms with Crippen LogP contribution < -0.4 is 10.6 Å². The second-order valence-corrected chi connectivity index (χ2v) is 4.42. The quantitative estimate of drug-likeness (QED) is 0.904. The van der Waals surface area contributed by atoms with Crippen molar-refractivity contribution < 1.29 is 4.79 Å². The van der Waals surface area contributed by atoms with Gasteiger partial charge in [-0.05, 0) is 25.1 Å². The lowest BCUT2D eigenvalue weighted by Crippen LogP contribution is -2.13. The van der Waals surface area contributed by atoms with Gasteiger partial charge in [0.15, 0.2) is 0 Å². The van der Waals surface area contributed by atoms with Crippen LogP contribution in [0.15, 0.2) is 30.6 Å². The van der Waals surface area contributed by atoms with Crippen molar-refractivity contribution in [1.29, 1.82) is 0 Å². The lowest BCUT2D eigenvalue weighted by atomic mass is 10.1. The third-order valence-corrected chi connectivity index (χ3v) is 2.95. The monoisotopic (exact) mass is 278 g/mol. The fourth-order valence-electron chi connectivity index (χ4n) is 1.72. The zero-order valence-electron chi connectivity index (χ0n) is 10.8. The van der Waals surface area contributed by atoms with Crippen LogP contribution in [-0.2, 0) is 6.54 Å². The number of carbonyl (C=O) groups is 1. The summed E-state index contributed by atoms with van der Waals surface area (Å²) in [6, 6.07) is 5.14. The highest BCUT2D eigenvalue weighted by Crippen LogP contribution is 2.21. The highest BCUT2D eigenvalue weighted by Gasteiger charge is 2.12. The maximum absolute atomic E-state index is 12.2. The highest BCUT2D eigenvalue weighted by atomic mass is 35.5. The van der Waals surface area contributed by atoms with E-state index in [9.17, 15) is 4.79 Å². The summed E-state index contributed by atoms with van der Waals surface area (Å²) in [6.07, 6.45) is 3.40. The van der Waals surface area contributed by atoms with Crippen molar-refractivity contribution in [3.05, 3.63) is 41.2 Å². The van der Waals surface area contributed by atoms with Gasteiger partial charge in [-0.2, -0.15) is 5.10 Å². The Balaban J connectivity index is 2.21. The van der Waals surface area contributed by atoms with Gasteiger partial charge in [0, 0.05) is 30.5 Å². The summed E-state index contributed by atoms with van der Waals surface area (Å²) in [5, 5.41) is 10.4. The Morgan fingerprint density at radius 1 is 1.47 bits per heavy atom. The van der Waals surface area contributed by atoms with E-state index in [1.807, 2.05) is 6.92 Å². The van der Waals surface area contributed by atoms with Crippen molar-refractivity contribution in [3.63, 3.8) is 0 Å². The molecule has 0 bridgehead atoms. The molecule has 0 fully saturated rings. The van der Waals surface area contributed by atoms with Gasteiger partial charge >= 0.3 is 0 Å². The molecule has 1 aromatic heterocycles. The van der Waals surface area contributed by atoms with Crippen LogP contribution in [0.4, 0.5) is 11.4 Å². The standard InChI is InChI=1S/C13H15ClN4O/c1-3-18-8-10(7-16-18)17-13(19)11-6-9(14)4-5-12(11)15-2/h4-8,15H,3H2,1-2H3,(H,17,19). The molecule has 1 amide bonds. The van der Waals surface area contributed by atoms with E-state index in [0.717, 1.165) is 12.2 Å². The maximum atomic E-state index is 12.2. The minimum atomic E-state index is -0.220. The van der Waals surface area contributed by atoms with E-state index in [1.54, 1.807) is 42.3 Å². The van der Waals surface area contributed by atoms with Crippen LogP contribution in [-0.4, -0.2) is 22.7 Å². The van der Waals surface area contributed by atoms with Gasteiger partial charge in [-0.15, -0.1) is 0 Å². The average Bonchev–Trinajstić information content (AvgIpc) is 2.86. The fraction of sp³-hybridized carbons (Fsp3) is 0.231. The van der Waals surface area contributed by atoms with Crippen molar-refractivity contribution in [2.45, 2.75) is 13.5 Å². The van der Waals surface area contributed by atoms with Crippen molar-refractivity contribution in [3.8, 4) is 0 Å². The van der Waals surface area contributed by atoms with Gasteiger partial charge in [0.2, 0.25) is 0 Å². The van der Waals surface area contributed by atoms with Gasteiger partial charge in [0.25, 0.3) is 5.91 Å². The van der Waals surface area contributed by atoms with Crippen LogP contribution in [0.3, 0.4) is 0 Å². The number of anilines is 2. The van der Waals surface area contributed by atoms with E-state index in [0.29, 0.717) is 16.3 Å². The molecule has 0 unspecified atom stereocenters. The first kappa shape index (κ1) is 13.4. The molecule has 2 rings (SSSR count). The molecule has 0 aliphatic rings.